The lowest BCUT2D eigenvalue weighted by atomic mass is 9.88. The molecule has 0 bridgehead atoms. The molecule has 0 spiro atoms. The highest BCUT2D eigenvalue weighted by Gasteiger charge is 2.45. The van der Waals surface area contributed by atoms with Crippen molar-refractivity contribution in [1.29, 1.82) is 0 Å². The zero-order chi connectivity index (χ0) is 12.6. The van der Waals surface area contributed by atoms with Crippen molar-refractivity contribution in [3.05, 3.63) is 28.8 Å². The molecule has 0 aromatic heterocycles. The normalized spacial score (nSPS) is 18.5. The molecule has 0 heterocycles. The first-order valence-electron chi connectivity index (χ1n) is 5.04. The third-order valence-electron chi connectivity index (χ3n) is 2.63. The molecule has 2 N–H and O–H groups in total. The van der Waals surface area contributed by atoms with E-state index in [-0.39, 0.29) is 29.2 Å². The zero-order valence-electron chi connectivity index (χ0n) is 8.71. The van der Waals surface area contributed by atoms with Gasteiger partial charge in [-0.25, -0.2) is 8.78 Å². The van der Waals surface area contributed by atoms with Crippen molar-refractivity contribution >= 4 is 17.5 Å². The molecule has 0 aliphatic heterocycles. The Morgan fingerprint density at radius 3 is 2.65 bits per heavy atom. The highest BCUT2D eigenvalue weighted by atomic mass is 35.5. The van der Waals surface area contributed by atoms with Crippen LogP contribution in [0.2, 0.25) is 5.02 Å². The Kier molecular flexibility index (Phi) is 2.95. The molecule has 1 fully saturated rings. The molecule has 0 radical (unpaired) electrons. The average Bonchev–Trinajstić information content (AvgIpc) is 2.19. The van der Waals surface area contributed by atoms with Gasteiger partial charge in [0.25, 0.3) is 11.8 Å². The van der Waals surface area contributed by atoms with Crippen molar-refractivity contribution in [2.75, 3.05) is 0 Å². The number of aromatic hydroxyl groups is 1. The second kappa shape index (κ2) is 4.14. The van der Waals surface area contributed by atoms with E-state index in [2.05, 4.69) is 5.32 Å². The topological polar surface area (TPSA) is 49.3 Å². The highest BCUT2D eigenvalue weighted by Crippen LogP contribution is 2.37. The maximum Gasteiger partial charge on any atom is 0.252 e. The smallest absolute Gasteiger partial charge is 0.252 e. The van der Waals surface area contributed by atoms with Crippen LogP contribution >= 0.6 is 11.6 Å². The first-order chi connectivity index (χ1) is 7.87. The van der Waals surface area contributed by atoms with E-state index in [0.717, 1.165) is 0 Å². The van der Waals surface area contributed by atoms with Crippen molar-refractivity contribution in [1.82, 2.24) is 5.32 Å². The summed E-state index contributed by atoms with van der Waals surface area (Å²) in [6, 6.07) is 3.50. The van der Waals surface area contributed by atoms with Crippen LogP contribution in [-0.4, -0.2) is 23.0 Å². The van der Waals surface area contributed by atoms with Gasteiger partial charge in [-0.05, 0) is 18.2 Å². The molecule has 1 saturated carbocycles. The number of hydrogen-bond acceptors (Lipinski definition) is 2. The van der Waals surface area contributed by atoms with Gasteiger partial charge in [-0.2, -0.15) is 0 Å². The van der Waals surface area contributed by atoms with E-state index in [1.807, 2.05) is 0 Å². The van der Waals surface area contributed by atoms with Gasteiger partial charge in [-0.1, -0.05) is 11.6 Å². The predicted octanol–water partition coefficient (Wildman–Crippen LogP) is 2.57. The summed E-state index contributed by atoms with van der Waals surface area (Å²) < 4.78 is 25.1. The van der Waals surface area contributed by atoms with E-state index in [9.17, 15) is 18.7 Å². The monoisotopic (exact) mass is 261 g/mol. The molecule has 1 aliphatic rings. The summed E-state index contributed by atoms with van der Waals surface area (Å²) in [5.41, 5.74) is 0.196. The van der Waals surface area contributed by atoms with Crippen molar-refractivity contribution in [2.24, 2.45) is 0 Å². The lowest BCUT2D eigenvalue weighted by Gasteiger charge is -2.35. The van der Waals surface area contributed by atoms with Gasteiger partial charge < -0.3 is 10.4 Å². The minimum atomic E-state index is -2.67. The van der Waals surface area contributed by atoms with Gasteiger partial charge in [0, 0.05) is 24.4 Å². The largest absolute Gasteiger partial charge is 0.506 e. The fraction of sp³-hybridized carbons (Fsp3) is 0.364. The van der Waals surface area contributed by atoms with Crippen LogP contribution in [0, 0.1) is 0 Å². The van der Waals surface area contributed by atoms with Gasteiger partial charge in [0.15, 0.2) is 0 Å². The molecule has 1 aromatic rings. The standard InChI is InChI=1S/C11H10ClF2NO2/c12-8-2-1-6(3-9(8)16)10(17)15-7-4-11(13,14)5-7/h1-3,7,16H,4-5H2,(H,15,17). The lowest BCUT2D eigenvalue weighted by Crippen LogP contribution is -2.50. The second-order valence-corrected chi connectivity index (χ2v) is 4.51. The zero-order valence-corrected chi connectivity index (χ0v) is 9.47. The van der Waals surface area contributed by atoms with Crippen LogP contribution in [-0.2, 0) is 0 Å². The van der Waals surface area contributed by atoms with Gasteiger partial charge in [-0.3, -0.25) is 4.79 Å². The Morgan fingerprint density at radius 2 is 2.12 bits per heavy atom. The third kappa shape index (κ3) is 2.66. The second-order valence-electron chi connectivity index (χ2n) is 4.10. The van der Waals surface area contributed by atoms with E-state index in [0.29, 0.717) is 0 Å². The molecule has 1 aromatic carbocycles. The number of rotatable bonds is 2. The van der Waals surface area contributed by atoms with Crippen LogP contribution < -0.4 is 5.32 Å². The van der Waals surface area contributed by atoms with Crippen molar-refractivity contribution in [3.8, 4) is 5.75 Å². The van der Waals surface area contributed by atoms with E-state index in [1.54, 1.807) is 0 Å². The number of phenolic OH excluding ortho intramolecular Hbond substituents is 1. The van der Waals surface area contributed by atoms with Crippen LogP contribution in [0.25, 0.3) is 0 Å². The van der Waals surface area contributed by atoms with Gasteiger partial charge >= 0.3 is 0 Å². The Hall–Kier alpha value is -1.36. The predicted molar refractivity (Wildman–Crippen MR) is 58.6 cm³/mol. The Labute approximate surface area is 101 Å². The third-order valence-corrected chi connectivity index (χ3v) is 2.95. The highest BCUT2D eigenvalue weighted by molar-refractivity contribution is 6.32. The Bertz CT molecular complexity index is 457. The van der Waals surface area contributed by atoms with Crippen LogP contribution in [0.1, 0.15) is 23.2 Å². The summed E-state index contributed by atoms with van der Waals surface area (Å²) in [6.07, 6.45) is -0.670. The quantitative estimate of drug-likeness (QED) is 0.860. The molecule has 3 nitrogen and oxygen atoms in total. The maximum atomic E-state index is 12.5. The molecule has 6 heteroatoms. The first kappa shape index (κ1) is 12.1. The summed E-state index contributed by atoms with van der Waals surface area (Å²) >= 11 is 5.59. The summed E-state index contributed by atoms with van der Waals surface area (Å²) in [6.45, 7) is 0. The molecule has 2 rings (SSSR count). The molecule has 1 aliphatic carbocycles. The van der Waals surface area contributed by atoms with Gasteiger partial charge in [0.1, 0.15) is 5.75 Å². The molecule has 92 valence electrons. The molecular formula is C11H10ClF2NO2. The SMILES string of the molecule is O=C(NC1CC(F)(F)C1)c1ccc(Cl)c(O)c1. The number of hydrogen-bond donors (Lipinski definition) is 2. The van der Waals surface area contributed by atoms with Gasteiger partial charge in [-0.15, -0.1) is 0 Å². The maximum absolute atomic E-state index is 12.5. The number of carbonyl (C=O) groups excluding carboxylic acids is 1. The molecule has 1 amide bonds. The Balaban J connectivity index is 1.98. The summed E-state index contributed by atoms with van der Waals surface area (Å²) in [4.78, 5) is 11.6. The number of phenols is 1. The van der Waals surface area contributed by atoms with Crippen LogP contribution in [0.5, 0.6) is 5.75 Å². The summed E-state index contributed by atoms with van der Waals surface area (Å²) in [5, 5.41) is 11.9. The fourth-order valence-corrected chi connectivity index (χ4v) is 1.80. The van der Waals surface area contributed by atoms with E-state index in [4.69, 9.17) is 11.6 Å². The fourth-order valence-electron chi connectivity index (χ4n) is 1.69. The minimum Gasteiger partial charge on any atom is -0.506 e. The number of amides is 1. The van der Waals surface area contributed by atoms with Crippen molar-refractivity contribution in [3.63, 3.8) is 0 Å². The number of carbonyl (C=O) groups is 1. The van der Waals surface area contributed by atoms with Crippen LogP contribution in [0.3, 0.4) is 0 Å². The number of nitrogens with one attached hydrogen (secondary N) is 1. The minimum absolute atomic E-state index is 0.136. The molecule has 0 saturated heterocycles. The van der Waals surface area contributed by atoms with E-state index < -0.39 is 17.9 Å². The first-order valence-corrected chi connectivity index (χ1v) is 5.42. The van der Waals surface area contributed by atoms with Crippen LogP contribution in [0.15, 0.2) is 18.2 Å². The number of halogens is 3. The number of alkyl halides is 2. The van der Waals surface area contributed by atoms with Crippen molar-refractivity contribution in [2.45, 2.75) is 24.8 Å². The summed E-state index contributed by atoms with van der Waals surface area (Å²) in [7, 11) is 0. The average molecular weight is 262 g/mol. The summed E-state index contributed by atoms with van der Waals surface area (Å²) in [5.74, 6) is -3.36. The molecular weight excluding hydrogens is 252 g/mol. The molecule has 17 heavy (non-hydrogen) atoms. The van der Waals surface area contributed by atoms with Crippen molar-refractivity contribution < 1.29 is 18.7 Å². The van der Waals surface area contributed by atoms with E-state index in [1.165, 1.54) is 18.2 Å². The Morgan fingerprint density at radius 1 is 1.47 bits per heavy atom. The van der Waals surface area contributed by atoms with E-state index >= 15 is 0 Å². The number of benzene rings is 1. The molecule has 0 atom stereocenters. The molecule has 0 unspecified atom stereocenters. The lowest BCUT2D eigenvalue weighted by molar-refractivity contribution is -0.0901. The van der Waals surface area contributed by atoms with Gasteiger partial charge in [0.2, 0.25) is 0 Å². The van der Waals surface area contributed by atoms with Gasteiger partial charge in [0.05, 0.1) is 5.02 Å². The van der Waals surface area contributed by atoms with Crippen LogP contribution in [0.4, 0.5) is 8.78 Å².